The Morgan fingerprint density at radius 2 is 1.92 bits per heavy atom. The Morgan fingerprint density at radius 3 is 2.48 bits per heavy atom. The molecule has 2 rings (SSSR count). The van der Waals surface area contributed by atoms with Gasteiger partial charge in [-0.05, 0) is 36.8 Å². The SMILES string of the molecule is CCNC(=NCc1ccc(OC)cc1)NCc1ccc(C(N)=O)o1.I. The van der Waals surface area contributed by atoms with E-state index in [4.69, 9.17) is 14.9 Å². The number of hydrogen-bond donors (Lipinski definition) is 3. The summed E-state index contributed by atoms with van der Waals surface area (Å²) in [6, 6.07) is 11.0. The fourth-order valence-corrected chi connectivity index (χ4v) is 2.02. The van der Waals surface area contributed by atoms with Crippen molar-refractivity contribution in [2.24, 2.45) is 10.7 Å². The third-order valence-corrected chi connectivity index (χ3v) is 3.26. The van der Waals surface area contributed by atoms with Gasteiger partial charge in [-0.2, -0.15) is 0 Å². The minimum absolute atomic E-state index is 0. The first-order valence-corrected chi connectivity index (χ1v) is 7.66. The molecule has 1 aromatic heterocycles. The predicted molar refractivity (Wildman–Crippen MR) is 107 cm³/mol. The molecule has 1 aromatic carbocycles. The van der Waals surface area contributed by atoms with Gasteiger partial charge in [-0.1, -0.05) is 12.1 Å². The zero-order chi connectivity index (χ0) is 17.4. The summed E-state index contributed by atoms with van der Waals surface area (Å²) in [6.07, 6.45) is 0. The van der Waals surface area contributed by atoms with Crippen molar-refractivity contribution in [1.29, 1.82) is 0 Å². The van der Waals surface area contributed by atoms with Gasteiger partial charge in [0, 0.05) is 6.54 Å². The summed E-state index contributed by atoms with van der Waals surface area (Å²) in [4.78, 5) is 15.5. The molecule has 1 amide bonds. The van der Waals surface area contributed by atoms with E-state index >= 15 is 0 Å². The Balaban J connectivity index is 0.00000312. The molecule has 0 saturated heterocycles. The number of hydrogen-bond acceptors (Lipinski definition) is 4. The van der Waals surface area contributed by atoms with E-state index < -0.39 is 5.91 Å². The molecule has 0 unspecified atom stereocenters. The average molecular weight is 458 g/mol. The molecule has 1 heterocycles. The number of carbonyl (C=O) groups is 1. The van der Waals surface area contributed by atoms with Crippen LogP contribution in [0.5, 0.6) is 5.75 Å². The van der Waals surface area contributed by atoms with E-state index in [0.29, 0.717) is 24.8 Å². The Bertz CT molecular complexity index is 698. The summed E-state index contributed by atoms with van der Waals surface area (Å²) in [5.41, 5.74) is 6.24. The highest BCUT2D eigenvalue weighted by Crippen LogP contribution is 2.12. The minimum atomic E-state index is -0.582. The van der Waals surface area contributed by atoms with Crippen LogP contribution in [0.25, 0.3) is 0 Å². The zero-order valence-electron chi connectivity index (χ0n) is 14.2. The molecule has 0 bridgehead atoms. The lowest BCUT2D eigenvalue weighted by Gasteiger charge is -2.10. The molecule has 2 aromatic rings. The number of carbonyl (C=O) groups excluding carboxylic acids is 1. The summed E-state index contributed by atoms with van der Waals surface area (Å²) in [5.74, 6) is 1.65. The van der Waals surface area contributed by atoms with Gasteiger partial charge >= 0.3 is 0 Å². The van der Waals surface area contributed by atoms with E-state index in [1.54, 1.807) is 19.2 Å². The molecule has 0 aliphatic rings. The van der Waals surface area contributed by atoms with Crippen LogP contribution >= 0.6 is 24.0 Å². The van der Waals surface area contributed by atoms with Crippen LogP contribution in [0, 0.1) is 0 Å². The van der Waals surface area contributed by atoms with E-state index in [0.717, 1.165) is 17.9 Å². The monoisotopic (exact) mass is 458 g/mol. The largest absolute Gasteiger partial charge is 0.497 e. The van der Waals surface area contributed by atoms with E-state index in [-0.39, 0.29) is 29.7 Å². The molecule has 4 N–H and O–H groups in total. The van der Waals surface area contributed by atoms with Gasteiger partial charge < -0.3 is 25.5 Å². The van der Waals surface area contributed by atoms with Crippen LogP contribution in [-0.2, 0) is 13.1 Å². The maximum absolute atomic E-state index is 11.0. The first-order chi connectivity index (χ1) is 11.6. The van der Waals surface area contributed by atoms with Crippen molar-refractivity contribution in [3.05, 3.63) is 53.5 Å². The number of guanidine groups is 1. The lowest BCUT2D eigenvalue weighted by atomic mass is 10.2. The summed E-state index contributed by atoms with van der Waals surface area (Å²) in [5, 5.41) is 6.31. The third kappa shape index (κ3) is 6.65. The van der Waals surface area contributed by atoms with Crippen LogP contribution in [0.1, 0.15) is 28.8 Å². The maximum Gasteiger partial charge on any atom is 0.284 e. The fourth-order valence-electron chi connectivity index (χ4n) is 2.02. The Hall–Kier alpha value is -2.23. The Labute approximate surface area is 164 Å². The van der Waals surface area contributed by atoms with Crippen molar-refractivity contribution >= 4 is 35.8 Å². The summed E-state index contributed by atoms with van der Waals surface area (Å²) in [7, 11) is 1.64. The Kier molecular flexibility index (Phi) is 8.82. The highest BCUT2D eigenvalue weighted by atomic mass is 127. The number of rotatable bonds is 7. The van der Waals surface area contributed by atoms with Gasteiger partial charge in [0.05, 0.1) is 20.2 Å². The van der Waals surface area contributed by atoms with Crippen LogP contribution in [0.4, 0.5) is 0 Å². The number of amides is 1. The third-order valence-electron chi connectivity index (χ3n) is 3.26. The molecule has 0 radical (unpaired) electrons. The number of aliphatic imine (C=N–C) groups is 1. The van der Waals surface area contributed by atoms with Gasteiger partial charge in [0.15, 0.2) is 11.7 Å². The molecule has 25 heavy (non-hydrogen) atoms. The van der Waals surface area contributed by atoms with Gasteiger partial charge in [0.1, 0.15) is 11.5 Å². The van der Waals surface area contributed by atoms with Crippen LogP contribution in [0.3, 0.4) is 0 Å². The standard InChI is InChI=1S/C17H22N4O3.HI/c1-3-19-17(20-10-12-4-6-13(23-2)7-5-12)21-11-14-8-9-15(24-14)16(18)22;/h4-9H,3,10-11H2,1-2H3,(H2,18,22)(H2,19,20,21);1H. The second kappa shape index (κ2) is 10.6. The van der Waals surface area contributed by atoms with Gasteiger partial charge in [0.25, 0.3) is 5.91 Å². The van der Waals surface area contributed by atoms with E-state index in [2.05, 4.69) is 15.6 Å². The number of primary amides is 1. The molecule has 8 heteroatoms. The summed E-state index contributed by atoms with van der Waals surface area (Å²) < 4.78 is 10.5. The zero-order valence-corrected chi connectivity index (χ0v) is 16.6. The van der Waals surface area contributed by atoms with Crippen molar-refractivity contribution in [1.82, 2.24) is 10.6 Å². The highest BCUT2D eigenvalue weighted by molar-refractivity contribution is 14.0. The van der Waals surface area contributed by atoms with Crippen LogP contribution in [-0.4, -0.2) is 25.5 Å². The first kappa shape index (κ1) is 20.8. The van der Waals surface area contributed by atoms with Gasteiger partial charge in [0.2, 0.25) is 0 Å². The number of furan rings is 1. The molecular weight excluding hydrogens is 435 g/mol. The van der Waals surface area contributed by atoms with Crippen molar-refractivity contribution in [2.75, 3.05) is 13.7 Å². The molecule has 0 aliphatic carbocycles. The van der Waals surface area contributed by atoms with Gasteiger partial charge in [-0.3, -0.25) is 4.79 Å². The number of nitrogens with zero attached hydrogens (tertiary/aromatic N) is 1. The van der Waals surface area contributed by atoms with Crippen molar-refractivity contribution in [2.45, 2.75) is 20.0 Å². The predicted octanol–water partition coefficient (Wildman–Crippen LogP) is 2.26. The van der Waals surface area contributed by atoms with E-state index in [1.165, 1.54) is 0 Å². The highest BCUT2D eigenvalue weighted by Gasteiger charge is 2.07. The van der Waals surface area contributed by atoms with Gasteiger partial charge in [-0.25, -0.2) is 4.99 Å². The van der Waals surface area contributed by atoms with Crippen molar-refractivity contribution in [3.8, 4) is 5.75 Å². The number of benzene rings is 1. The molecular formula is C17H23IN4O3. The first-order valence-electron chi connectivity index (χ1n) is 7.66. The number of ether oxygens (including phenoxy) is 1. The van der Waals surface area contributed by atoms with Crippen molar-refractivity contribution < 1.29 is 13.9 Å². The smallest absolute Gasteiger partial charge is 0.284 e. The number of nitrogens with one attached hydrogen (secondary N) is 2. The number of nitrogens with two attached hydrogens (primary N) is 1. The average Bonchev–Trinajstić information content (AvgIpc) is 3.07. The second-order valence-electron chi connectivity index (χ2n) is 5.03. The van der Waals surface area contributed by atoms with E-state index in [1.807, 2.05) is 31.2 Å². The summed E-state index contributed by atoms with van der Waals surface area (Å²) >= 11 is 0. The lowest BCUT2D eigenvalue weighted by Crippen LogP contribution is -2.36. The normalized spacial score (nSPS) is 10.7. The van der Waals surface area contributed by atoms with Crippen LogP contribution < -0.4 is 21.1 Å². The number of methoxy groups -OCH3 is 1. The second-order valence-corrected chi connectivity index (χ2v) is 5.03. The Morgan fingerprint density at radius 1 is 1.20 bits per heavy atom. The molecule has 0 saturated carbocycles. The van der Waals surface area contributed by atoms with Crippen LogP contribution in [0.2, 0.25) is 0 Å². The van der Waals surface area contributed by atoms with Gasteiger partial charge in [-0.15, -0.1) is 24.0 Å². The molecule has 0 aliphatic heterocycles. The topological polar surface area (TPSA) is 102 Å². The maximum atomic E-state index is 11.0. The molecule has 0 spiro atoms. The van der Waals surface area contributed by atoms with Crippen molar-refractivity contribution in [3.63, 3.8) is 0 Å². The van der Waals surface area contributed by atoms with E-state index in [9.17, 15) is 4.79 Å². The lowest BCUT2D eigenvalue weighted by molar-refractivity contribution is 0.0972. The fraction of sp³-hybridized carbons (Fsp3) is 0.294. The summed E-state index contributed by atoms with van der Waals surface area (Å²) in [6.45, 7) is 3.66. The number of halogens is 1. The molecule has 0 fully saturated rings. The quantitative estimate of drug-likeness (QED) is 0.336. The molecule has 7 nitrogen and oxygen atoms in total. The molecule has 0 atom stereocenters. The van der Waals surface area contributed by atoms with Crippen LogP contribution in [0.15, 0.2) is 45.8 Å². The minimum Gasteiger partial charge on any atom is -0.497 e. The molecule has 136 valence electrons.